The van der Waals surface area contributed by atoms with Crippen LogP contribution in [0.4, 0.5) is 5.82 Å². The van der Waals surface area contributed by atoms with Crippen LogP contribution >= 0.6 is 0 Å². The minimum absolute atomic E-state index is 0.0325. The third kappa shape index (κ3) is 3.97. The van der Waals surface area contributed by atoms with Gasteiger partial charge in [0.1, 0.15) is 5.82 Å². The Kier molecular flexibility index (Phi) is 4.99. The van der Waals surface area contributed by atoms with Crippen LogP contribution in [0.15, 0.2) is 36.4 Å². The average molecular weight is 300 g/mol. The van der Waals surface area contributed by atoms with Crippen molar-refractivity contribution in [3.8, 4) is 11.5 Å². The van der Waals surface area contributed by atoms with Crippen LogP contribution in [-0.2, 0) is 0 Å². The Labute approximate surface area is 130 Å². The standard InChI is InChI=1S/C17H20N2O3/c1-11(2)22-14-9-8-13(10-15(14)21-4)17(20)19-16-7-5-6-12(3)18-16/h5-11H,1-4H3,(H,18,19,20). The maximum Gasteiger partial charge on any atom is 0.256 e. The van der Waals surface area contributed by atoms with Gasteiger partial charge in [-0.05, 0) is 51.1 Å². The van der Waals surface area contributed by atoms with Crippen LogP contribution in [0.25, 0.3) is 0 Å². The van der Waals surface area contributed by atoms with Crippen molar-refractivity contribution in [3.05, 3.63) is 47.7 Å². The van der Waals surface area contributed by atoms with Crippen LogP contribution in [0.5, 0.6) is 11.5 Å². The fraction of sp³-hybridized carbons (Fsp3) is 0.294. The Balaban J connectivity index is 2.19. The van der Waals surface area contributed by atoms with E-state index in [9.17, 15) is 4.79 Å². The summed E-state index contributed by atoms with van der Waals surface area (Å²) in [6, 6.07) is 10.6. The van der Waals surface area contributed by atoms with E-state index in [2.05, 4.69) is 10.3 Å². The number of nitrogens with one attached hydrogen (secondary N) is 1. The molecule has 0 radical (unpaired) electrons. The van der Waals surface area contributed by atoms with E-state index < -0.39 is 0 Å². The number of benzene rings is 1. The molecular weight excluding hydrogens is 280 g/mol. The van der Waals surface area contributed by atoms with Gasteiger partial charge < -0.3 is 14.8 Å². The lowest BCUT2D eigenvalue weighted by atomic mass is 10.2. The lowest BCUT2D eigenvalue weighted by Gasteiger charge is -2.14. The Morgan fingerprint density at radius 1 is 1.18 bits per heavy atom. The quantitative estimate of drug-likeness (QED) is 0.919. The zero-order valence-corrected chi connectivity index (χ0v) is 13.2. The van der Waals surface area contributed by atoms with Gasteiger partial charge in [-0.25, -0.2) is 4.98 Å². The molecule has 0 fully saturated rings. The Hall–Kier alpha value is -2.56. The second kappa shape index (κ2) is 6.93. The largest absolute Gasteiger partial charge is 0.493 e. The molecule has 0 saturated carbocycles. The van der Waals surface area contributed by atoms with E-state index in [0.717, 1.165) is 5.69 Å². The van der Waals surface area contributed by atoms with Gasteiger partial charge in [0.25, 0.3) is 5.91 Å². The first kappa shape index (κ1) is 15.8. The third-order valence-corrected chi connectivity index (χ3v) is 2.92. The zero-order valence-electron chi connectivity index (χ0n) is 13.2. The molecule has 0 spiro atoms. The summed E-state index contributed by atoms with van der Waals surface area (Å²) in [5, 5.41) is 2.76. The molecule has 0 aliphatic carbocycles. The van der Waals surface area contributed by atoms with Gasteiger partial charge in [0.2, 0.25) is 0 Å². The fourth-order valence-corrected chi connectivity index (χ4v) is 1.96. The second-order valence-corrected chi connectivity index (χ2v) is 5.15. The summed E-state index contributed by atoms with van der Waals surface area (Å²) < 4.78 is 10.9. The molecule has 0 saturated heterocycles. The molecule has 5 heteroatoms. The number of methoxy groups -OCH3 is 1. The van der Waals surface area contributed by atoms with E-state index in [4.69, 9.17) is 9.47 Å². The highest BCUT2D eigenvalue weighted by Gasteiger charge is 2.12. The van der Waals surface area contributed by atoms with E-state index in [-0.39, 0.29) is 12.0 Å². The Morgan fingerprint density at radius 3 is 2.59 bits per heavy atom. The van der Waals surface area contributed by atoms with Crippen molar-refractivity contribution in [1.29, 1.82) is 0 Å². The number of aryl methyl sites for hydroxylation is 1. The number of ether oxygens (including phenoxy) is 2. The molecule has 1 heterocycles. The minimum Gasteiger partial charge on any atom is -0.493 e. The lowest BCUT2D eigenvalue weighted by molar-refractivity contribution is 0.102. The molecule has 1 amide bonds. The van der Waals surface area contributed by atoms with Crippen molar-refractivity contribution in [3.63, 3.8) is 0 Å². The Bertz CT molecular complexity index is 669. The summed E-state index contributed by atoms with van der Waals surface area (Å²) >= 11 is 0. The molecular formula is C17H20N2O3. The van der Waals surface area contributed by atoms with E-state index >= 15 is 0 Å². The second-order valence-electron chi connectivity index (χ2n) is 5.15. The summed E-state index contributed by atoms with van der Waals surface area (Å²) in [4.78, 5) is 16.5. The predicted molar refractivity (Wildman–Crippen MR) is 85.7 cm³/mol. The number of aromatic nitrogens is 1. The van der Waals surface area contributed by atoms with Gasteiger partial charge in [-0.3, -0.25) is 4.79 Å². The fourth-order valence-electron chi connectivity index (χ4n) is 1.96. The smallest absolute Gasteiger partial charge is 0.256 e. The van der Waals surface area contributed by atoms with Gasteiger partial charge in [-0.2, -0.15) is 0 Å². The van der Waals surface area contributed by atoms with Crippen LogP contribution in [-0.4, -0.2) is 24.1 Å². The number of rotatable bonds is 5. The molecule has 2 aromatic rings. The lowest BCUT2D eigenvalue weighted by Crippen LogP contribution is -2.14. The van der Waals surface area contributed by atoms with Crippen LogP contribution in [0.3, 0.4) is 0 Å². The topological polar surface area (TPSA) is 60.5 Å². The van der Waals surface area contributed by atoms with Gasteiger partial charge in [0.05, 0.1) is 13.2 Å². The van der Waals surface area contributed by atoms with Crippen LogP contribution in [0.2, 0.25) is 0 Å². The highest BCUT2D eigenvalue weighted by atomic mass is 16.5. The molecule has 0 aliphatic rings. The minimum atomic E-state index is -0.243. The van der Waals surface area contributed by atoms with Gasteiger partial charge in [-0.15, -0.1) is 0 Å². The molecule has 5 nitrogen and oxygen atoms in total. The first-order chi connectivity index (χ1) is 10.5. The molecule has 0 bridgehead atoms. The van der Waals surface area contributed by atoms with Crippen molar-refractivity contribution in [2.24, 2.45) is 0 Å². The molecule has 1 N–H and O–H groups in total. The summed E-state index contributed by atoms with van der Waals surface area (Å²) in [7, 11) is 1.55. The van der Waals surface area contributed by atoms with Crippen molar-refractivity contribution in [2.75, 3.05) is 12.4 Å². The monoisotopic (exact) mass is 300 g/mol. The molecule has 0 unspecified atom stereocenters. The molecule has 2 rings (SSSR count). The number of pyridine rings is 1. The first-order valence-corrected chi connectivity index (χ1v) is 7.09. The number of amides is 1. The van der Waals surface area contributed by atoms with E-state index in [1.54, 1.807) is 31.4 Å². The summed E-state index contributed by atoms with van der Waals surface area (Å²) in [5.74, 6) is 1.42. The maximum absolute atomic E-state index is 12.3. The maximum atomic E-state index is 12.3. The van der Waals surface area contributed by atoms with Gasteiger partial charge >= 0.3 is 0 Å². The van der Waals surface area contributed by atoms with E-state index in [0.29, 0.717) is 22.9 Å². The zero-order chi connectivity index (χ0) is 16.1. The Morgan fingerprint density at radius 2 is 1.95 bits per heavy atom. The molecule has 116 valence electrons. The van der Waals surface area contributed by atoms with Gasteiger partial charge in [-0.1, -0.05) is 6.07 Å². The van der Waals surface area contributed by atoms with Gasteiger partial charge in [0.15, 0.2) is 11.5 Å². The van der Waals surface area contributed by atoms with Crippen molar-refractivity contribution < 1.29 is 14.3 Å². The van der Waals surface area contributed by atoms with E-state index in [1.165, 1.54) is 0 Å². The highest BCUT2D eigenvalue weighted by Crippen LogP contribution is 2.29. The number of carbonyl (C=O) groups excluding carboxylic acids is 1. The predicted octanol–water partition coefficient (Wildman–Crippen LogP) is 3.44. The molecule has 1 aromatic heterocycles. The summed E-state index contributed by atoms with van der Waals surface area (Å²) in [5.41, 5.74) is 1.33. The van der Waals surface area contributed by atoms with Gasteiger partial charge in [0, 0.05) is 11.3 Å². The summed E-state index contributed by atoms with van der Waals surface area (Å²) in [6.07, 6.45) is 0.0325. The van der Waals surface area contributed by atoms with Crippen LogP contribution in [0, 0.1) is 6.92 Å². The normalized spacial score (nSPS) is 10.4. The molecule has 1 aromatic carbocycles. The van der Waals surface area contributed by atoms with Crippen molar-refractivity contribution in [2.45, 2.75) is 26.9 Å². The number of anilines is 1. The number of nitrogens with zero attached hydrogens (tertiary/aromatic N) is 1. The number of hydrogen-bond acceptors (Lipinski definition) is 4. The van der Waals surface area contributed by atoms with Crippen LogP contribution in [0.1, 0.15) is 29.9 Å². The van der Waals surface area contributed by atoms with E-state index in [1.807, 2.05) is 32.9 Å². The first-order valence-electron chi connectivity index (χ1n) is 7.09. The van der Waals surface area contributed by atoms with Crippen molar-refractivity contribution >= 4 is 11.7 Å². The third-order valence-electron chi connectivity index (χ3n) is 2.92. The average Bonchev–Trinajstić information content (AvgIpc) is 2.47. The molecule has 0 aliphatic heterocycles. The number of hydrogen-bond donors (Lipinski definition) is 1. The highest BCUT2D eigenvalue weighted by molar-refractivity contribution is 6.04. The van der Waals surface area contributed by atoms with Crippen LogP contribution < -0.4 is 14.8 Å². The van der Waals surface area contributed by atoms with Crippen molar-refractivity contribution in [1.82, 2.24) is 4.98 Å². The summed E-state index contributed by atoms with van der Waals surface area (Å²) in [6.45, 7) is 5.74. The molecule has 22 heavy (non-hydrogen) atoms. The molecule has 0 atom stereocenters. The number of carbonyl (C=O) groups is 1. The SMILES string of the molecule is COc1cc(C(=O)Nc2cccc(C)n2)ccc1OC(C)C.